The minimum Gasteiger partial charge on any atom is -0.508 e. The minimum absolute atomic E-state index is 0.196. The molecule has 2 N–H and O–H groups in total. The summed E-state index contributed by atoms with van der Waals surface area (Å²) in [7, 11) is 0. The van der Waals surface area contributed by atoms with E-state index in [2.05, 4.69) is 10.3 Å². The average molecular weight is 431 g/mol. The standard InChI is InChI=1S/C24H19ClN4O2/c1-15-14-21(18-6-2-3-7-19(18)25)26-23(29(15)16-10-12-17(30)13-11-16)28-24-27-20-8-4-5-9-22(20)31-24/h2-14,21,30H,1H3,(H,26,27,28). The van der Waals surface area contributed by atoms with Crippen LogP contribution >= 0.6 is 11.6 Å². The second-order valence-corrected chi connectivity index (χ2v) is 7.60. The van der Waals surface area contributed by atoms with Crippen molar-refractivity contribution in [1.82, 2.24) is 4.98 Å². The number of phenols is 1. The molecule has 0 spiro atoms. The lowest BCUT2D eigenvalue weighted by Gasteiger charge is -2.32. The number of aromatic nitrogens is 1. The van der Waals surface area contributed by atoms with Crippen LogP contribution in [0, 0.1) is 0 Å². The molecule has 31 heavy (non-hydrogen) atoms. The van der Waals surface area contributed by atoms with Gasteiger partial charge in [0.15, 0.2) is 5.58 Å². The number of rotatable bonds is 3. The first-order chi connectivity index (χ1) is 15.1. The molecule has 1 unspecified atom stereocenters. The lowest BCUT2D eigenvalue weighted by molar-refractivity contribution is 0.475. The SMILES string of the molecule is CC1=CC(c2ccccc2Cl)N=C(Nc2nc3ccccc3o2)N1c1ccc(O)cc1. The molecule has 0 aliphatic carbocycles. The summed E-state index contributed by atoms with van der Waals surface area (Å²) >= 11 is 6.45. The van der Waals surface area contributed by atoms with Crippen LogP contribution in [0.25, 0.3) is 11.1 Å². The summed E-state index contributed by atoms with van der Waals surface area (Å²) in [5, 5.41) is 13.6. The minimum atomic E-state index is -0.269. The molecule has 5 rings (SSSR count). The lowest BCUT2D eigenvalue weighted by Crippen LogP contribution is -2.38. The summed E-state index contributed by atoms with van der Waals surface area (Å²) in [6.45, 7) is 2.00. The second-order valence-electron chi connectivity index (χ2n) is 7.19. The predicted molar refractivity (Wildman–Crippen MR) is 124 cm³/mol. The fourth-order valence-electron chi connectivity index (χ4n) is 3.61. The molecule has 0 bridgehead atoms. The van der Waals surface area contributed by atoms with Gasteiger partial charge in [0.05, 0.1) is 0 Å². The molecule has 0 saturated heterocycles. The molecule has 3 aromatic carbocycles. The fraction of sp³-hybridized carbons (Fsp3) is 0.0833. The number of guanidine groups is 1. The number of halogens is 1. The number of phenolic OH excluding ortho intramolecular Hbond substituents is 1. The molecule has 6 nitrogen and oxygen atoms in total. The molecule has 0 saturated carbocycles. The predicted octanol–water partition coefficient (Wildman–Crippen LogP) is 6.12. The Morgan fingerprint density at radius 1 is 1.00 bits per heavy atom. The van der Waals surface area contributed by atoms with Gasteiger partial charge in [-0.2, -0.15) is 4.98 Å². The highest BCUT2D eigenvalue weighted by Gasteiger charge is 2.26. The van der Waals surface area contributed by atoms with Gasteiger partial charge in [-0.15, -0.1) is 0 Å². The van der Waals surface area contributed by atoms with Crippen LogP contribution in [0.5, 0.6) is 5.75 Å². The monoisotopic (exact) mass is 430 g/mol. The van der Waals surface area contributed by atoms with E-state index in [0.717, 1.165) is 22.5 Å². The van der Waals surface area contributed by atoms with Crippen molar-refractivity contribution in [3.05, 3.63) is 95.2 Å². The van der Waals surface area contributed by atoms with Crippen molar-refractivity contribution in [2.24, 2.45) is 4.99 Å². The van der Waals surface area contributed by atoms with Crippen molar-refractivity contribution in [2.75, 3.05) is 10.2 Å². The van der Waals surface area contributed by atoms with Crippen molar-refractivity contribution in [2.45, 2.75) is 13.0 Å². The number of aromatic hydroxyl groups is 1. The maximum Gasteiger partial charge on any atom is 0.302 e. The molecule has 0 amide bonds. The van der Waals surface area contributed by atoms with E-state index in [9.17, 15) is 5.11 Å². The number of aliphatic imine (C=N–C) groups is 1. The van der Waals surface area contributed by atoms with Gasteiger partial charge < -0.3 is 9.52 Å². The van der Waals surface area contributed by atoms with Crippen LogP contribution in [0.15, 0.2) is 94.0 Å². The van der Waals surface area contributed by atoms with Crippen LogP contribution in [0.3, 0.4) is 0 Å². The number of benzene rings is 3. The third kappa shape index (κ3) is 3.73. The zero-order valence-electron chi connectivity index (χ0n) is 16.7. The van der Waals surface area contributed by atoms with Crippen molar-refractivity contribution in [1.29, 1.82) is 0 Å². The number of fused-ring (bicyclic) bond motifs is 1. The van der Waals surface area contributed by atoms with Gasteiger partial charge in [0.2, 0.25) is 5.96 Å². The number of para-hydroxylation sites is 2. The Labute approximate surface area is 184 Å². The summed E-state index contributed by atoms with van der Waals surface area (Å²) in [6.07, 6.45) is 2.05. The number of nitrogens with zero attached hydrogens (tertiary/aromatic N) is 3. The molecule has 7 heteroatoms. The number of anilines is 2. The summed E-state index contributed by atoms with van der Waals surface area (Å²) in [5.41, 5.74) is 4.14. The molecule has 1 aliphatic heterocycles. The first-order valence-corrected chi connectivity index (χ1v) is 10.2. The van der Waals surface area contributed by atoms with Gasteiger partial charge >= 0.3 is 6.01 Å². The first-order valence-electron chi connectivity index (χ1n) is 9.81. The summed E-state index contributed by atoms with van der Waals surface area (Å²) in [5.74, 6) is 0.740. The van der Waals surface area contributed by atoms with Crippen LogP contribution in [-0.2, 0) is 0 Å². The highest BCUT2D eigenvalue weighted by atomic mass is 35.5. The zero-order valence-corrected chi connectivity index (χ0v) is 17.4. The maximum atomic E-state index is 9.71. The largest absolute Gasteiger partial charge is 0.508 e. The molecule has 1 aromatic heterocycles. The summed E-state index contributed by atoms with van der Waals surface area (Å²) in [6, 6.07) is 22.2. The highest BCUT2D eigenvalue weighted by Crippen LogP contribution is 2.34. The number of oxazole rings is 1. The molecular weight excluding hydrogens is 412 g/mol. The van der Waals surface area contributed by atoms with Crippen LogP contribution in [0.4, 0.5) is 11.7 Å². The molecule has 1 atom stereocenters. The lowest BCUT2D eigenvalue weighted by atomic mass is 10.0. The van der Waals surface area contributed by atoms with E-state index in [1.807, 2.05) is 78.6 Å². The molecule has 0 fully saturated rings. The van der Waals surface area contributed by atoms with Crippen LogP contribution in [0.1, 0.15) is 18.5 Å². The molecule has 0 radical (unpaired) electrons. The topological polar surface area (TPSA) is 73.9 Å². The number of allylic oxidation sites excluding steroid dienone is 1. The molecule has 4 aromatic rings. The van der Waals surface area contributed by atoms with Crippen molar-refractivity contribution in [3.8, 4) is 5.75 Å². The first kappa shape index (κ1) is 19.2. The second kappa shape index (κ2) is 7.81. The van der Waals surface area contributed by atoms with Crippen molar-refractivity contribution < 1.29 is 9.52 Å². The maximum absolute atomic E-state index is 9.71. The summed E-state index contributed by atoms with van der Waals surface area (Å²) in [4.78, 5) is 11.4. The summed E-state index contributed by atoms with van der Waals surface area (Å²) < 4.78 is 5.86. The Hall–Kier alpha value is -3.77. The van der Waals surface area contributed by atoms with Gasteiger partial charge in [-0.1, -0.05) is 41.9 Å². The molecule has 1 aliphatic rings. The fourth-order valence-corrected chi connectivity index (χ4v) is 3.86. The van der Waals surface area contributed by atoms with E-state index in [4.69, 9.17) is 21.0 Å². The van der Waals surface area contributed by atoms with Crippen molar-refractivity contribution >= 4 is 40.4 Å². The van der Waals surface area contributed by atoms with E-state index in [1.54, 1.807) is 12.1 Å². The van der Waals surface area contributed by atoms with Gasteiger partial charge in [0.1, 0.15) is 17.3 Å². The number of hydrogen-bond acceptors (Lipinski definition) is 6. The zero-order chi connectivity index (χ0) is 21.4. The Balaban J connectivity index is 1.58. The average Bonchev–Trinajstić information content (AvgIpc) is 3.17. The van der Waals surface area contributed by atoms with Crippen LogP contribution in [-0.4, -0.2) is 16.1 Å². The quantitative estimate of drug-likeness (QED) is 0.409. The van der Waals surface area contributed by atoms with Crippen LogP contribution in [0.2, 0.25) is 5.02 Å². The number of nitrogens with one attached hydrogen (secondary N) is 1. The highest BCUT2D eigenvalue weighted by molar-refractivity contribution is 6.31. The van der Waals surface area contributed by atoms with E-state index in [-0.39, 0.29) is 11.8 Å². The van der Waals surface area contributed by atoms with E-state index in [1.165, 1.54) is 0 Å². The van der Waals surface area contributed by atoms with Gasteiger partial charge in [0.25, 0.3) is 0 Å². The normalized spacial score (nSPS) is 16.2. The van der Waals surface area contributed by atoms with E-state index in [0.29, 0.717) is 22.6 Å². The number of hydrogen-bond donors (Lipinski definition) is 2. The molecule has 154 valence electrons. The van der Waals surface area contributed by atoms with Crippen LogP contribution < -0.4 is 10.2 Å². The third-order valence-electron chi connectivity index (χ3n) is 5.07. The Bertz CT molecular complexity index is 1280. The van der Waals surface area contributed by atoms with E-state index >= 15 is 0 Å². The van der Waals surface area contributed by atoms with Crippen molar-refractivity contribution in [3.63, 3.8) is 0 Å². The van der Waals surface area contributed by atoms with Gasteiger partial charge in [0, 0.05) is 16.4 Å². The van der Waals surface area contributed by atoms with Gasteiger partial charge in [-0.3, -0.25) is 10.2 Å². The smallest absolute Gasteiger partial charge is 0.302 e. The van der Waals surface area contributed by atoms with Gasteiger partial charge in [-0.05, 0) is 61.0 Å². The molecule has 2 heterocycles. The van der Waals surface area contributed by atoms with Gasteiger partial charge in [-0.25, -0.2) is 4.99 Å². The Morgan fingerprint density at radius 3 is 2.52 bits per heavy atom. The Morgan fingerprint density at radius 2 is 1.74 bits per heavy atom. The Kier molecular flexibility index (Phi) is 4.84. The third-order valence-corrected chi connectivity index (χ3v) is 5.41. The van der Waals surface area contributed by atoms with E-state index < -0.39 is 0 Å². The molecular formula is C24H19ClN4O2.